The maximum Gasteiger partial charge on any atom is 0.336 e. The van der Waals surface area contributed by atoms with Crippen LogP contribution in [-0.2, 0) is 33.4 Å². The van der Waals surface area contributed by atoms with E-state index >= 15 is 0 Å². The number of carboxylic acids is 5. The summed E-state index contributed by atoms with van der Waals surface area (Å²) in [5, 5.41) is 53.0. The molecule has 0 saturated carbocycles. The summed E-state index contributed by atoms with van der Waals surface area (Å²) in [5.74, 6) is -7.55. The molecule has 0 rings (SSSR count). The number of aliphatic hydroxyl groups is 1. The van der Waals surface area contributed by atoms with Gasteiger partial charge in [-0.1, -0.05) is 206 Å². The molecule has 13 heteroatoms. The minimum absolute atomic E-state index is 0.252. The molecule has 0 bridgehead atoms. The van der Waals surface area contributed by atoms with Crippen molar-refractivity contribution in [3.8, 4) is 0 Å². The summed E-state index contributed by atoms with van der Waals surface area (Å²) in [6, 6.07) is 0. The van der Waals surface area contributed by atoms with Gasteiger partial charge in [0.2, 0.25) is 0 Å². The fraction of sp³-hybridized carbons (Fsp3) is 0.891. The van der Waals surface area contributed by atoms with Crippen LogP contribution in [0.15, 0.2) is 0 Å². The molecule has 0 aromatic heterocycles. The van der Waals surface area contributed by atoms with Crippen LogP contribution in [0.25, 0.3) is 0 Å². The van der Waals surface area contributed by atoms with Gasteiger partial charge in [-0.25, -0.2) is 14.4 Å². The maximum atomic E-state index is 11.8. The molecular weight excluding hydrogens is 760 g/mol. The highest BCUT2D eigenvalue weighted by Gasteiger charge is 2.41. The summed E-state index contributed by atoms with van der Waals surface area (Å²) in [6.45, 7) is 5.04. The molecule has 0 saturated heterocycles. The third-order valence-electron chi connectivity index (χ3n) is 10.6. The largest absolute Gasteiger partial charge is 0.481 e. The predicted molar refractivity (Wildman–Crippen MR) is 231 cm³/mol. The quantitative estimate of drug-likeness (QED) is 0.0314. The van der Waals surface area contributed by atoms with Gasteiger partial charge < -0.3 is 40.1 Å². The summed E-state index contributed by atoms with van der Waals surface area (Å²) in [7, 11) is 0. The molecule has 0 aliphatic heterocycles. The number of aliphatic carboxylic acids is 5. The molecule has 0 spiro atoms. The Morgan fingerprint density at radius 2 is 0.576 bits per heavy atom. The van der Waals surface area contributed by atoms with Gasteiger partial charge in [0.05, 0.1) is 12.8 Å². The van der Waals surface area contributed by atoms with Crippen molar-refractivity contribution in [3.05, 3.63) is 0 Å². The fourth-order valence-corrected chi connectivity index (χ4v) is 7.01. The average molecular weight is 847 g/mol. The normalized spacial score (nSPS) is 12.4. The van der Waals surface area contributed by atoms with Crippen molar-refractivity contribution in [1.29, 1.82) is 0 Å². The van der Waals surface area contributed by atoms with Gasteiger partial charge in [0.1, 0.15) is 0 Å². The summed E-state index contributed by atoms with van der Waals surface area (Å²) in [6.07, 6.45) is 35.4. The lowest BCUT2D eigenvalue weighted by Gasteiger charge is -2.21. The minimum atomic E-state index is -2.74. The SMILES string of the molecule is CCCCCCCCCCCCCCCCCCOC(C(=O)O)C(OCCCCCCCCCCCCCCCCCC)C(=O)O.O=C(O)CC(O)(CC(=O)O)C(=O)O. The van der Waals surface area contributed by atoms with Crippen molar-refractivity contribution in [2.75, 3.05) is 13.2 Å². The van der Waals surface area contributed by atoms with Crippen molar-refractivity contribution in [2.24, 2.45) is 0 Å². The lowest BCUT2D eigenvalue weighted by molar-refractivity contribution is -0.176. The van der Waals surface area contributed by atoms with Crippen LogP contribution in [-0.4, -0.2) is 91.5 Å². The number of unbranched alkanes of at least 4 members (excludes halogenated alkanes) is 30. The molecule has 59 heavy (non-hydrogen) atoms. The van der Waals surface area contributed by atoms with E-state index in [1.54, 1.807) is 0 Å². The van der Waals surface area contributed by atoms with E-state index in [0.29, 0.717) is 0 Å². The van der Waals surface area contributed by atoms with E-state index in [1.165, 1.54) is 167 Å². The monoisotopic (exact) mass is 847 g/mol. The molecule has 0 aliphatic rings. The average Bonchev–Trinajstić information content (AvgIpc) is 3.17. The highest BCUT2D eigenvalue weighted by Crippen LogP contribution is 2.18. The molecule has 6 N–H and O–H groups in total. The van der Waals surface area contributed by atoms with Gasteiger partial charge in [-0.2, -0.15) is 0 Å². The lowest BCUT2D eigenvalue weighted by Crippen LogP contribution is -2.44. The van der Waals surface area contributed by atoms with Gasteiger partial charge in [0.15, 0.2) is 17.8 Å². The Kier molecular flexibility index (Phi) is 41.5. The van der Waals surface area contributed by atoms with E-state index in [1.807, 2.05) is 0 Å². The second-order valence-corrected chi connectivity index (χ2v) is 16.3. The molecule has 2 unspecified atom stereocenters. The number of hydrogen-bond acceptors (Lipinski definition) is 8. The third kappa shape index (κ3) is 39.1. The molecule has 348 valence electrons. The topological polar surface area (TPSA) is 225 Å². The molecule has 0 fully saturated rings. The highest BCUT2D eigenvalue weighted by molar-refractivity contribution is 5.88. The summed E-state index contributed by atoms with van der Waals surface area (Å²) >= 11 is 0. The number of carboxylic acid groups (broad SMARTS) is 5. The van der Waals surface area contributed by atoms with Crippen LogP contribution >= 0.6 is 0 Å². The van der Waals surface area contributed by atoms with Gasteiger partial charge in [-0.15, -0.1) is 0 Å². The van der Waals surface area contributed by atoms with E-state index in [4.69, 9.17) is 29.9 Å². The molecule has 2 atom stereocenters. The Balaban J connectivity index is 0. The van der Waals surface area contributed by atoms with Crippen molar-refractivity contribution in [3.63, 3.8) is 0 Å². The molecule has 0 aromatic rings. The smallest absolute Gasteiger partial charge is 0.336 e. The zero-order valence-electron chi connectivity index (χ0n) is 37.2. The summed E-state index contributed by atoms with van der Waals surface area (Å²) in [5.41, 5.74) is -2.74. The second kappa shape index (κ2) is 41.9. The Hall–Kier alpha value is -2.77. The Labute approximate surface area is 356 Å². The van der Waals surface area contributed by atoms with E-state index in [2.05, 4.69) is 13.8 Å². The van der Waals surface area contributed by atoms with E-state index in [0.717, 1.165) is 38.5 Å². The van der Waals surface area contributed by atoms with Crippen LogP contribution in [0, 0.1) is 0 Å². The first-order valence-electron chi connectivity index (χ1n) is 23.4. The predicted octanol–water partition coefficient (Wildman–Crippen LogP) is 11.2. The first-order valence-corrected chi connectivity index (χ1v) is 23.4. The minimum Gasteiger partial charge on any atom is -0.481 e. The number of ether oxygens (including phenoxy) is 2. The van der Waals surface area contributed by atoms with Gasteiger partial charge in [0.25, 0.3) is 0 Å². The van der Waals surface area contributed by atoms with Crippen molar-refractivity contribution < 1.29 is 64.1 Å². The summed E-state index contributed by atoms with van der Waals surface area (Å²) < 4.78 is 11.0. The maximum absolute atomic E-state index is 11.8. The van der Waals surface area contributed by atoms with E-state index in [9.17, 15) is 34.2 Å². The molecule has 0 aliphatic carbocycles. The molecule has 0 radical (unpaired) electrons. The fourth-order valence-electron chi connectivity index (χ4n) is 7.01. The van der Waals surface area contributed by atoms with Gasteiger partial charge >= 0.3 is 29.8 Å². The number of carbonyl (C=O) groups is 5. The first-order chi connectivity index (χ1) is 28.3. The van der Waals surface area contributed by atoms with Crippen LogP contribution in [0.5, 0.6) is 0 Å². The van der Waals surface area contributed by atoms with Gasteiger partial charge in [-0.3, -0.25) is 9.59 Å². The zero-order chi connectivity index (χ0) is 44.4. The molecule has 0 heterocycles. The van der Waals surface area contributed by atoms with Crippen molar-refractivity contribution >= 4 is 29.8 Å². The molecule has 0 amide bonds. The summed E-state index contributed by atoms with van der Waals surface area (Å²) in [4.78, 5) is 54.0. The van der Waals surface area contributed by atoms with Crippen LogP contribution in [0.3, 0.4) is 0 Å². The Morgan fingerprint density at radius 1 is 0.373 bits per heavy atom. The zero-order valence-corrected chi connectivity index (χ0v) is 37.2. The second-order valence-electron chi connectivity index (χ2n) is 16.3. The van der Waals surface area contributed by atoms with Gasteiger partial charge in [-0.05, 0) is 12.8 Å². The lowest BCUT2D eigenvalue weighted by atomic mass is 9.96. The molecular formula is C46H86O13. The van der Waals surface area contributed by atoms with Gasteiger partial charge in [0, 0.05) is 13.2 Å². The van der Waals surface area contributed by atoms with E-state index in [-0.39, 0.29) is 13.2 Å². The third-order valence-corrected chi connectivity index (χ3v) is 10.6. The highest BCUT2D eigenvalue weighted by atomic mass is 16.6. The first kappa shape index (κ1) is 58.3. The van der Waals surface area contributed by atoms with Crippen LogP contribution in [0.2, 0.25) is 0 Å². The Bertz CT molecular complexity index is 964. The standard InChI is InChI=1S/C40H78O6.C6H8O7/c1-3-5-7-9-11-13-15-17-19-21-23-25-27-29-31-33-35-45-37(39(41)42)38(40(43)44)46-36-34-32-30-28-26-24-22-20-18-16-14-12-10-8-6-4-2;7-3(8)1-6(13,5(11)12)2-4(9)10/h37-38H,3-36H2,1-2H3,(H,41,42)(H,43,44);13H,1-2H2,(H,7,8)(H,9,10)(H,11,12). The van der Waals surface area contributed by atoms with E-state index < -0.39 is 60.5 Å². The Morgan fingerprint density at radius 3 is 0.746 bits per heavy atom. The number of rotatable bonds is 44. The molecule has 0 aromatic carbocycles. The number of hydrogen-bond donors (Lipinski definition) is 6. The molecule has 13 nitrogen and oxygen atoms in total. The van der Waals surface area contributed by atoms with Crippen LogP contribution < -0.4 is 0 Å². The van der Waals surface area contributed by atoms with Crippen LogP contribution in [0.4, 0.5) is 0 Å². The van der Waals surface area contributed by atoms with Crippen molar-refractivity contribution in [2.45, 2.75) is 250 Å². The van der Waals surface area contributed by atoms with Crippen molar-refractivity contribution in [1.82, 2.24) is 0 Å². The van der Waals surface area contributed by atoms with Crippen LogP contribution in [0.1, 0.15) is 232 Å².